The molecule has 304 valence electrons. The van der Waals surface area contributed by atoms with Crippen LogP contribution in [0.15, 0.2) is 72.1 Å². The molecule has 1 saturated heterocycles. The Bertz CT molecular complexity index is 1970. The number of ketones is 1. The van der Waals surface area contributed by atoms with Crippen molar-refractivity contribution in [2.24, 2.45) is 16.5 Å². The molecule has 4 atom stereocenters. The lowest BCUT2D eigenvalue weighted by molar-refractivity contribution is -0.145. The predicted octanol–water partition coefficient (Wildman–Crippen LogP) is 5.66. The average Bonchev–Trinajstić information content (AvgIpc) is 3.97. The van der Waals surface area contributed by atoms with Gasteiger partial charge in [-0.3, -0.25) is 24.0 Å². The zero-order valence-corrected chi connectivity index (χ0v) is 34.0. The van der Waals surface area contributed by atoms with Gasteiger partial charge in [-0.1, -0.05) is 94.4 Å². The van der Waals surface area contributed by atoms with Crippen molar-refractivity contribution in [2.75, 3.05) is 6.54 Å². The molecule has 0 unspecified atom stereocenters. The van der Waals surface area contributed by atoms with Gasteiger partial charge < -0.3 is 25.7 Å². The second kappa shape index (κ2) is 18.0. The van der Waals surface area contributed by atoms with Gasteiger partial charge in [0.1, 0.15) is 12.1 Å². The molecule has 0 bridgehead atoms. The standard InChI is InChI=1S/C43H54ClN7O6/c1-5-12-33(37(53)40(55)45-26-29-15-9-18-32(21-29)51-20-11-19-46-51)47-39(54)35-25-43(24-34(49-57-43)30-16-10-17-31(44)23-30)27-50(35)41(56)38(42(2,3)4)48-36(52)22-28-13-7-6-8-14-28/h9-11,15-21,23,28,33,35,38H,5-8,12-14,22,24-27H2,1-4H3,(H,45,55)(H,47,54)(H,48,52)/t33-,35-,38+,43+/m0/s1. The van der Waals surface area contributed by atoms with E-state index in [2.05, 4.69) is 26.2 Å². The van der Waals surface area contributed by atoms with E-state index in [9.17, 15) is 24.0 Å². The number of oxime groups is 1. The van der Waals surface area contributed by atoms with E-state index in [0.29, 0.717) is 30.0 Å². The zero-order valence-electron chi connectivity index (χ0n) is 33.3. The first-order valence-electron chi connectivity index (χ1n) is 20.1. The zero-order chi connectivity index (χ0) is 40.7. The number of carbonyl (C=O) groups is 5. The Kier molecular flexibility index (Phi) is 13.2. The molecule has 1 saturated carbocycles. The van der Waals surface area contributed by atoms with Crippen molar-refractivity contribution in [1.82, 2.24) is 30.6 Å². The van der Waals surface area contributed by atoms with Crippen molar-refractivity contribution < 1.29 is 28.8 Å². The van der Waals surface area contributed by atoms with Crippen molar-refractivity contribution in [3.63, 3.8) is 0 Å². The molecule has 3 aromatic rings. The summed E-state index contributed by atoms with van der Waals surface area (Å²) in [6.07, 6.45) is 10.2. The van der Waals surface area contributed by atoms with Crippen molar-refractivity contribution >= 4 is 46.7 Å². The maximum Gasteiger partial charge on any atom is 0.289 e. The number of nitrogens with zero attached hydrogens (tertiary/aromatic N) is 4. The van der Waals surface area contributed by atoms with Crippen LogP contribution in [0.4, 0.5) is 0 Å². The van der Waals surface area contributed by atoms with Gasteiger partial charge in [0.2, 0.25) is 23.5 Å². The number of Topliss-reactive ketones (excluding diaryl/α,β-unsaturated/α-hetero) is 1. The summed E-state index contributed by atoms with van der Waals surface area (Å²) in [5.74, 6) is -2.56. The second-order valence-electron chi connectivity index (χ2n) is 16.8. The molecule has 14 heteroatoms. The fourth-order valence-electron chi connectivity index (χ4n) is 8.12. The van der Waals surface area contributed by atoms with Gasteiger partial charge >= 0.3 is 0 Å². The van der Waals surface area contributed by atoms with Gasteiger partial charge in [-0.25, -0.2) is 4.68 Å². The van der Waals surface area contributed by atoms with Crippen molar-refractivity contribution in [3.8, 4) is 5.69 Å². The lowest BCUT2D eigenvalue weighted by atomic mass is 9.84. The molecular weight excluding hydrogens is 746 g/mol. The van der Waals surface area contributed by atoms with E-state index < -0.39 is 52.6 Å². The number of hydrogen-bond acceptors (Lipinski definition) is 8. The third kappa shape index (κ3) is 10.3. The van der Waals surface area contributed by atoms with Crippen LogP contribution in [0, 0.1) is 11.3 Å². The van der Waals surface area contributed by atoms with Crippen LogP contribution >= 0.6 is 11.6 Å². The lowest BCUT2D eigenvalue weighted by Gasteiger charge is -2.36. The minimum absolute atomic E-state index is 0.0209. The number of nitrogens with one attached hydrogen (secondary N) is 3. The van der Waals surface area contributed by atoms with E-state index in [1.165, 1.54) is 11.3 Å². The molecule has 1 aliphatic carbocycles. The van der Waals surface area contributed by atoms with E-state index in [1.54, 1.807) is 23.0 Å². The SMILES string of the molecule is CCC[C@H](NC(=O)[C@@H]1C[C@]2(CC(c3cccc(Cl)c3)=NO2)CN1C(=O)[C@@H](NC(=O)CC1CCCCC1)C(C)(C)C)C(=O)C(=O)NCc1cccc(-n2cccn2)c1. The predicted molar refractivity (Wildman–Crippen MR) is 216 cm³/mol. The summed E-state index contributed by atoms with van der Waals surface area (Å²) in [6, 6.07) is 13.3. The highest BCUT2D eigenvalue weighted by molar-refractivity contribution is 6.38. The van der Waals surface area contributed by atoms with E-state index in [0.717, 1.165) is 42.5 Å². The number of aromatic nitrogens is 2. The molecule has 1 aromatic heterocycles. The molecule has 1 spiro atoms. The van der Waals surface area contributed by atoms with Gasteiger partial charge in [0.05, 0.1) is 24.0 Å². The molecule has 4 amide bonds. The summed E-state index contributed by atoms with van der Waals surface area (Å²) in [6.45, 7) is 7.61. The Hall–Kier alpha value is -5.04. The number of carbonyl (C=O) groups excluding carboxylic acids is 5. The summed E-state index contributed by atoms with van der Waals surface area (Å²) >= 11 is 6.29. The number of hydrogen-bond donors (Lipinski definition) is 3. The molecule has 2 fully saturated rings. The van der Waals surface area contributed by atoms with Crippen LogP contribution in [-0.2, 0) is 35.4 Å². The van der Waals surface area contributed by atoms with Crippen LogP contribution in [0.2, 0.25) is 5.02 Å². The first kappa shape index (κ1) is 41.6. The van der Waals surface area contributed by atoms with Crippen LogP contribution in [0.25, 0.3) is 5.69 Å². The molecule has 0 radical (unpaired) electrons. The van der Waals surface area contributed by atoms with Crippen molar-refractivity contribution in [3.05, 3.63) is 83.1 Å². The van der Waals surface area contributed by atoms with Crippen LogP contribution in [0.3, 0.4) is 0 Å². The highest BCUT2D eigenvalue weighted by Gasteiger charge is 2.55. The van der Waals surface area contributed by atoms with E-state index in [4.69, 9.17) is 16.4 Å². The van der Waals surface area contributed by atoms with Gasteiger partial charge in [0.25, 0.3) is 5.91 Å². The number of benzene rings is 2. The van der Waals surface area contributed by atoms with Gasteiger partial charge in [0.15, 0.2) is 5.60 Å². The fourth-order valence-corrected chi connectivity index (χ4v) is 8.31. The van der Waals surface area contributed by atoms with Crippen molar-refractivity contribution in [1.29, 1.82) is 0 Å². The normalized spacial score (nSPS) is 20.7. The molecule has 2 aliphatic heterocycles. The van der Waals surface area contributed by atoms with Gasteiger partial charge in [0, 0.05) is 48.8 Å². The first-order valence-corrected chi connectivity index (χ1v) is 20.5. The van der Waals surface area contributed by atoms with Crippen molar-refractivity contribution in [2.45, 2.75) is 122 Å². The topological polar surface area (TPSA) is 164 Å². The lowest BCUT2D eigenvalue weighted by Crippen LogP contribution is -2.59. The highest BCUT2D eigenvalue weighted by Crippen LogP contribution is 2.40. The maximum absolute atomic E-state index is 14.7. The second-order valence-corrected chi connectivity index (χ2v) is 17.2. The summed E-state index contributed by atoms with van der Waals surface area (Å²) < 4.78 is 1.69. The first-order chi connectivity index (χ1) is 27.2. The van der Waals surface area contributed by atoms with E-state index in [1.807, 2.05) is 76.4 Å². The molecular formula is C43H54ClN7O6. The average molecular weight is 800 g/mol. The number of amides is 4. The molecule has 13 nitrogen and oxygen atoms in total. The number of rotatable bonds is 14. The molecule has 57 heavy (non-hydrogen) atoms. The quantitative estimate of drug-likeness (QED) is 0.177. The van der Waals surface area contributed by atoms with E-state index in [-0.39, 0.29) is 37.8 Å². The molecule has 3 heterocycles. The Morgan fingerprint density at radius 2 is 1.77 bits per heavy atom. The summed E-state index contributed by atoms with van der Waals surface area (Å²) in [5.41, 5.74) is 1.21. The van der Waals surface area contributed by atoms with Gasteiger partial charge in [-0.2, -0.15) is 5.10 Å². The largest absolute Gasteiger partial charge is 0.387 e. The monoisotopic (exact) mass is 799 g/mol. The summed E-state index contributed by atoms with van der Waals surface area (Å²) in [5, 5.41) is 17.7. The number of halogens is 1. The molecule has 2 aromatic carbocycles. The Labute approximate surface area is 339 Å². The summed E-state index contributed by atoms with van der Waals surface area (Å²) in [4.78, 5) is 77.1. The Morgan fingerprint density at radius 3 is 2.47 bits per heavy atom. The summed E-state index contributed by atoms with van der Waals surface area (Å²) in [7, 11) is 0. The van der Waals surface area contributed by atoms with Gasteiger partial charge in [-0.15, -0.1) is 0 Å². The van der Waals surface area contributed by atoms with Crippen LogP contribution < -0.4 is 16.0 Å². The molecule has 6 rings (SSSR count). The van der Waals surface area contributed by atoms with Crippen LogP contribution in [0.5, 0.6) is 0 Å². The number of likely N-dealkylation sites (tertiary alicyclic amines) is 1. The smallest absolute Gasteiger partial charge is 0.289 e. The Morgan fingerprint density at radius 1 is 1.00 bits per heavy atom. The Balaban J connectivity index is 1.19. The minimum Gasteiger partial charge on any atom is -0.387 e. The van der Waals surface area contributed by atoms with Crippen LogP contribution in [-0.4, -0.2) is 80.1 Å². The third-order valence-corrected chi connectivity index (χ3v) is 11.4. The fraction of sp³-hybridized carbons (Fsp3) is 0.512. The van der Waals surface area contributed by atoms with Gasteiger partial charge in [-0.05, 0) is 66.5 Å². The minimum atomic E-state index is -1.14. The highest BCUT2D eigenvalue weighted by atomic mass is 35.5. The third-order valence-electron chi connectivity index (χ3n) is 11.2. The maximum atomic E-state index is 14.7. The molecule has 3 aliphatic rings. The molecule has 3 N–H and O–H groups in total. The van der Waals surface area contributed by atoms with E-state index >= 15 is 0 Å². The van der Waals surface area contributed by atoms with Crippen LogP contribution in [0.1, 0.15) is 103 Å².